The third-order valence-electron chi connectivity index (χ3n) is 5.38. The molecule has 1 amide bonds. The molecule has 2 heterocycles. The van der Waals surface area contributed by atoms with Crippen LogP contribution in [0.3, 0.4) is 0 Å². The molecule has 1 aromatic rings. The maximum absolute atomic E-state index is 12.6. The van der Waals surface area contributed by atoms with E-state index in [1.165, 1.54) is 16.8 Å². The first-order valence-electron chi connectivity index (χ1n) is 10.1. The van der Waals surface area contributed by atoms with Gasteiger partial charge in [-0.3, -0.25) is 9.10 Å². The molecular weight excluding hydrogens is 414 g/mol. The largest absolute Gasteiger partial charge is 0.476 e. The van der Waals surface area contributed by atoms with Crippen molar-refractivity contribution in [3.63, 3.8) is 0 Å². The lowest BCUT2D eigenvalue weighted by molar-refractivity contribution is -0.127. The van der Waals surface area contributed by atoms with Gasteiger partial charge in [-0.25, -0.2) is 8.42 Å². The Hall–Kier alpha value is -1.51. The van der Waals surface area contributed by atoms with Crippen LogP contribution < -0.4 is 14.4 Å². The van der Waals surface area contributed by atoms with E-state index in [-0.39, 0.29) is 12.5 Å². The summed E-state index contributed by atoms with van der Waals surface area (Å²) in [6.45, 7) is 8.17. The first kappa shape index (κ1) is 22.2. The van der Waals surface area contributed by atoms with Crippen LogP contribution in [0.2, 0.25) is 5.02 Å². The summed E-state index contributed by atoms with van der Waals surface area (Å²) in [5.74, 6) is 1.45. The van der Waals surface area contributed by atoms with E-state index in [1.807, 2.05) is 0 Å². The van der Waals surface area contributed by atoms with Crippen LogP contribution in [-0.2, 0) is 14.8 Å². The predicted molar refractivity (Wildman–Crippen MR) is 115 cm³/mol. The van der Waals surface area contributed by atoms with Crippen molar-refractivity contribution in [1.29, 1.82) is 0 Å². The Morgan fingerprint density at radius 1 is 1.24 bits per heavy atom. The molecule has 0 aromatic heterocycles. The van der Waals surface area contributed by atoms with Crippen LogP contribution in [0.5, 0.6) is 5.75 Å². The molecule has 1 fully saturated rings. The van der Waals surface area contributed by atoms with Crippen molar-refractivity contribution in [2.45, 2.75) is 32.8 Å². The number of likely N-dealkylation sites (tertiary alicyclic amines) is 1. The van der Waals surface area contributed by atoms with Crippen molar-refractivity contribution in [2.75, 3.05) is 43.3 Å². The molecule has 0 aliphatic carbocycles. The third-order valence-corrected chi connectivity index (χ3v) is 6.76. The fourth-order valence-corrected chi connectivity index (χ4v) is 5.35. The highest BCUT2D eigenvalue weighted by atomic mass is 35.5. The maximum atomic E-state index is 12.6. The highest BCUT2D eigenvalue weighted by Crippen LogP contribution is 2.37. The molecule has 1 N–H and O–H groups in total. The molecule has 0 saturated carbocycles. The highest BCUT2D eigenvalue weighted by Gasteiger charge is 2.35. The fraction of sp³-hybridized carbons (Fsp3) is 0.650. The van der Waals surface area contributed by atoms with Gasteiger partial charge in [0.1, 0.15) is 5.75 Å². The number of hydrogen-bond acceptors (Lipinski definition) is 5. The fourth-order valence-electron chi connectivity index (χ4n) is 4.28. The number of piperidine rings is 1. The zero-order chi connectivity index (χ0) is 21.2. The Bertz CT molecular complexity index is 838. The van der Waals surface area contributed by atoms with Gasteiger partial charge in [-0.1, -0.05) is 25.4 Å². The van der Waals surface area contributed by atoms with Gasteiger partial charge in [-0.15, -0.1) is 0 Å². The summed E-state index contributed by atoms with van der Waals surface area (Å²) >= 11 is 6.00. The molecule has 0 bridgehead atoms. The van der Waals surface area contributed by atoms with Crippen molar-refractivity contribution >= 4 is 33.2 Å². The van der Waals surface area contributed by atoms with E-state index in [9.17, 15) is 13.2 Å². The van der Waals surface area contributed by atoms with Gasteiger partial charge in [0.05, 0.1) is 18.5 Å². The van der Waals surface area contributed by atoms with Crippen LogP contribution >= 0.6 is 11.6 Å². The Kier molecular flexibility index (Phi) is 6.96. The molecule has 1 saturated heterocycles. The summed E-state index contributed by atoms with van der Waals surface area (Å²) in [5, 5.41) is 3.30. The smallest absolute Gasteiger partial charge is 0.263 e. The predicted octanol–water partition coefficient (Wildman–Crippen LogP) is 2.35. The number of nitrogens with one attached hydrogen (secondary N) is 1. The van der Waals surface area contributed by atoms with E-state index in [1.54, 1.807) is 12.1 Å². The highest BCUT2D eigenvalue weighted by molar-refractivity contribution is 7.92. The number of benzene rings is 1. The van der Waals surface area contributed by atoms with Gasteiger partial charge < -0.3 is 15.0 Å². The molecule has 3 rings (SSSR count). The van der Waals surface area contributed by atoms with Gasteiger partial charge in [0.25, 0.3) is 5.91 Å². The van der Waals surface area contributed by atoms with E-state index in [4.69, 9.17) is 16.3 Å². The molecule has 2 aliphatic heterocycles. The number of halogens is 1. The van der Waals surface area contributed by atoms with Gasteiger partial charge in [-0.05, 0) is 49.4 Å². The second-order valence-corrected chi connectivity index (χ2v) is 10.7. The quantitative estimate of drug-likeness (QED) is 0.683. The first-order chi connectivity index (χ1) is 13.6. The number of ether oxygens (including phenoxy) is 1. The molecule has 7 nitrogen and oxygen atoms in total. The molecule has 0 radical (unpaired) electrons. The van der Waals surface area contributed by atoms with Gasteiger partial charge in [0.2, 0.25) is 10.0 Å². The monoisotopic (exact) mass is 443 g/mol. The van der Waals surface area contributed by atoms with Crippen LogP contribution in [0.25, 0.3) is 0 Å². The van der Waals surface area contributed by atoms with Crippen molar-refractivity contribution in [3.05, 3.63) is 23.2 Å². The molecule has 3 atom stereocenters. The molecule has 2 aliphatic rings. The number of carbonyl (C=O) groups excluding carboxylic acids is 1. The number of anilines is 1. The molecule has 9 heteroatoms. The van der Waals surface area contributed by atoms with Crippen LogP contribution in [0.1, 0.15) is 26.7 Å². The SMILES string of the molecule is C[C@@H]1C[C@@H](C)CN(CCCNC(=O)[C@@H]2CN(S(C)(=O)=O)c3cc(Cl)ccc3O2)C1. The normalized spacial score (nSPS) is 25.2. The van der Waals surface area contributed by atoms with E-state index < -0.39 is 16.1 Å². The topological polar surface area (TPSA) is 79.0 Å². The molecule has 162 valence electrons. The minimum absolute atomic E-state index is 0.0703. The number of fused-ring (bicyclic) bond motifs is 1. The lowest BCUT2D eigenvalue weighted by Crippen LogP contribution is -2.50. The summed E-state index contributed by atoms with van der Waals surface area (Å²) in [5.41, 5.74) is 0.359. The second kappa shape index (κ2) is 9.10. The molecule has 1 aromatic carbocycles. The first-order valence-corrected chi connectivity index (χ1v) is 12.3. The van der Waals surface area contributed by atoms with Gasteiger partial charge in [-0.2, -0.15) is 0 Å². The summed E-state index contributed by atoms with van der Waals surface area (Å²) in [4.78, 5) is 15.1. The maximum Gasteiger partial charge on any atom is 0.263 e. The summed E-state index contributed by atoms with van der Waals surface area (Å²) in [6.07, 6.45) is 2.34. The standard InChI is InChI=1S/C20H30ClN3O4S/c1-14-9-15(2)12-23(11-14)8-4-7-22-20(25)19-13-24(29(3,26)27)17-10-16(21)5-6-18(17)28-19/h5-6,10,14-15,19H,4,7-9,11-13H2,1-3H3,(H,22,25)/t14-,15-,19+/m1/s1. The average molecular weight is 444 g/mol. The number of amides is 1. The van der Waals surface area contributed by atoms with Crippen molar-refractivity contribution in [1.82, 2.24) is 10.2 Å². The van der Waals surface area contributed by atoms with Gasteiger partial charge in [0.15, 0.2) is 6.10 Å². The summed E-state index contributed by atoms with van der Waals surface area (Å²) in [7, 11) is -3.56. The Morgan fingerprint density at radius 2 is 1.93 bits per heavy atom. The third kappa shape index (κ3) is 5.77. The summed E-state index contributed by atoms with van der Waals surface area (Å²) < 4.78 is 31.4. The molecule has 29 heavy (non-hydrogen) atoms. The van der Waals surface area contributed by atoms with Gasteiger partial charge in [0, 0.05) is 24.7 Å². The lowest BCUT2D eigenvalue weighted by atomic mass is 9.92. The van der Waals surface area contributed by atoms with E-state index in [2.05, 4.69) is 24.1 Å². The van der Waals surface area contributed by atoms with E-state index in [0.717, 1.165) is 32.3 Å². The molecular formula is C20H30ClN3O4S. The lowest BCUT2D eigenvalue weighted by Gasteiger charge is -2.35. The zero-order valence-corrected chi connectivity index (χ0v) is 18.8. The Balaban J connectivity index is 1.55. The van der Waals surface area contributed by atoms with E-state index >= 15 is 0 Å². The number of carbonyl (C=O) groups is 1. The van der Waals surface area contributed by atoms with Crippen LogP contribution in [-0.4, -0.2) is 64.3 Å². The zero-order valence-electron chi connectivity index (χ0n) is 17.2. The molecule has 0 spiro atoms. The Labute approximate surface area is 178 Å². The van der Waals surface area contributed by atoms with Crippen LogP contribution in [0.4, 0.5) is 5.69 Å². The van der Waals surface area contributed by atoms with Gasteiger partial charge >= 0.3 is 0 Å². The number of rotatable bonds is 6. The minimum Gasteiger partial charge on any atom is -0.476 e. The van der Waals surface area contributed by atoms with E-state index in [0.29, 0.717) is 34.8 Å². The second-order valence-electron chi connectivity index (χ2n) is 8.36. The van der Waals surface area contributed by atoms with Crippen LogP contribution in [0.15, 0.2) is 18.2 Å². The van der Waals surface area contributed by atoms with Crippen molar-refractivity contribution < 1.29 is 17.9 Å². The number of nitrogens with zero attached hydrogens (tertiary/aromatic N) is 2. The van der Waals surface area contributed by atoms with Crippen molar-refractivity contribution in [2.24, 2.45) is 11.8 Å². The Morgan fingerprint density at radius 3 is 2.59 bits per heavy atom. The molecule has 0 unspecified atom stereocenters. The van der Waals surface area contributed by atoms with Crippen LogP contribution in [0, 0.1) is 11.8 Å². The summed E-state index contributed by atoms with van der Waals surface area (Å²) in [6, 6.07) is 4.74. The average Bonchev–Trinajstić information content (AvgIpc) is 2.62. The minimum atomic E-state index is -3.56. The van der Waals surface area contributed by atoms with Crippen molar-refractivity contribution in [3.8, 4) is 5.75 Å². The number of sulfonamides is 1. The number of hydrogen-bond donors (Lipinski definition) is 1.